The number of imidazole rings is 1. The first-order valence-electron chi connectivity index (χ1n) is 12.0. The van der Waals surface area contributed by atoms with E-state index in [2.05, 4.69) is 9.97 Å². The second-order valence-electron chi connectivity index (χ2n) is 9.30. The standard InChI is InChI=1S/C26H28FN5O4/c1-31-14-22(30-15-31)17-11-20(25(28)34)26(29-12-17)36-23-8-9-32(13-21(23)27)24(33)10-16-2-4-18(5-3-16)35-19-6-7-19/h2-5,11-12,14-15,19,21,23H,6-10,13H2,1H3,(H2,28,34)/t21-,23-/m0/s1. The fraction of sp³-hybridized carbons (Fsp3) is 0.385. The van der Waals surface area contributed by atoms with Crippen molar-refractivity contribution in [1.29, 1.82) is 0 Å². The van der Waals surface area contributed by atoms with Gasteiger partial charge in [0.25, 0.3) is 5.91 Å². The van der Waals surface area contributed by atoms with E-state index in [1.807, 2.05) is 31.3 Å². The molecule has 9 nitrogen and oxygen atoms in total. The molecule has 2 aromatic heterocycles. The molecule has 2 amide bonds. The molecular weight excluding hydrogens is 465 g/mol. The van der Waals surface area contributed by atoms with Gasteiger partial charge >= 0.3 is 0 Å². The number of hydrogen-bond acceptors (Lipinski definition) is 6. The number of carbonyl (C=O) groups excluding carboxylic acids is 2. The second-order valence-corrected chi connectivity index (χ2v) is 9.30. The van der Waals surface area contributed by atoms with Crippen molar-refractivity contribution in [3.63, 3.8) is 0 Å². The number of primary amides is 1. The normalized spacial score (nSPS) is 19.7. The third-order valence-electron chi connectivity index (χ3n) is 6.32. The van der Waals surface area contributed by atoms with E-state index in [4.69, 9.17) is 15.2 Å². The molecule has 3 aromatic rings. The first kappa shape index (κ1) is 23.8. The van der Waals surface area contributed by atoms with Gasteiger partial charge < -0.3 is 24.7 Å². The summed E-state index contributed by atoms with van der Waals surface area (Å²) in [4.78, 5) is 34.8. The maximum atomic E-state index is 15.1. The third-order valence-corrected chi connectivity index (χ3v) is 6.32. The van der Waals surface area contributed by atoms with Crippen molar-refractivity contribution in [3.05, 3.63) is 60.2 Å². The van der Waals surface area contributed by atoms with Crippen LogP contribution >= 0.6 is 0 Å². The average Bonchev–Trinajstić information content (AvgIpc) is 3.58. The summed E-state index contributed by atoms with van der Waals surface area (Å²) in [6, 6.07) is 9.00. The van der Waals surface area contributed by atoms with Crippen molar-refractivity contribution < 1.29 is 23.5 Å². The lowest BCUT2D eigenvalue weighted by Gasteiger charge is -2.34. The number of alkyl halides is 1. The number of halogens is 1. The summed E-state index contributed by atoms with van der Waals surface area (Å²) in [5, 5.41) is 0. The second kappa shape index (κ2) is 9.96. The molecule has 0 unspecified atom stereocenters. The van der Waals surface area contributed by atoms with Crippen molar-refractivity contribution in [1.82, 2.24) is 19.4 Å². The van der Waals surface area contributed by atoms with Gasteiger partial charge in [0.2, 0.25) is 11.8 Å². The van der Waals surface area contributed by atoms with Crippen molar-refractivity contribution in [2.45, 2.75) is 44.1 Å². The molecule has 2 N–H and O–H groups in total. The fourth-order valence-electron chi connectivity index (χ4n) is 4.16. The minimum atomic E-state index is -1.44. The number of piperidine rings is 1. The van der Waals surface area contributed by atoms with E-state index < -0.39 is 18.2 Å². The lowest BCUT2D eigenvalue weighted by Crippen LogP contribution is -2.49. The number of carbonyl (C=O) groups is 2. The number of likely N-dealkylation sites (tertiary alicyclic amines) is 1. The van der Waals surface area contributed by atoms with Crippen LogP contribution in [0.4, 0.5) is 4.39 Å². The Hall–Kier alpha value is -3.95. The van der Waals surface area contributed by atoms with Gasteiger partial charge in [-0.1, -0.05) is 12.1 Å². The highest BCUT2D eigenvalue weighted by atomic mass is 19.1. The topological polar surface area (TPSA) is 113 Å². The zero-order valence-electron chi connectivity index (χ0n) is 20.0. The maximum Gasteiger partial charge on any atom is 0.254 e. The van der Waals surface area contributed by atoms with E-state index in [-0.39, 0.29) is 36.7 Å². The molecule has 0 bridgehead atoms. The Balaban J connectivity index is 1.19. The highest BCUT2D eigenvalue weighted by Gasteiger charge is 2.34. The van der Waals surface area contributed by atoms with Crippen LogP contribution in [0, 0.1) is 0 Å². The molecule has 2 aliphatic rings. The minimum absolute atomic E-state index is 0.0249. The van der Waals surface area contributed by atoms with Gasteiger partial charge in [-0.15, -0.1) is 0 Å². The minimum Gasteiger partial charge on any atom is -0.490 e. The Morgan fingerprint density at radius 2 is 1.92 bits per heavy atom. The Labute approximate surface area is 208 Å². The zero-order chi connectivity index (χ0) is 25.2. The van der Waals surface area contributed by atoms with Gasteiger partial charge in [0.1, 0.15) is 17.4 Å². The summed E-state index contributed by atoms with van der Waals surface area (Å²) < 4.78 is 28.3. The number of pyridine rings is 1. The predicted octanol–water partition coefficient (Wildman–Crippen LogP) is 2.68. The molecule has 188 valence electrons. The Morgan fingerprint density at radius 3 is 2.56 bits per heavy atom. The zero-order valence-corrected chi connectivity index (χ0v) is 20.0. The molecule has 2 atom stereocenters. The summed E-state index contributed by atoms with van der Waals surface area (Å²) in [5.74, 6) is -0.106. The summed E-state index contributed by atoms with van der Waals surface area (Å²) >= 11 is 0. The summed E-state index contributed by atoms with van der Waals surface area (Å²) in [5.41, 5.74) is 7.66. The Bertz CT molecular complexity index is 1260. The number of aromatic nitrogens is 3. The van der Waals surface area contributed by atoms with Gasteiger partial charge in [-0.2, -0.15) is 0 Å². The largest absolute Gasteiger partial charge is 0.490 e. The molecule has 1 saturated carbocycles. The van der Waals surface area contributed by atoms with Crippen LogP contribution < -0.4 is 15.2 Å². The summed E-state index contributed by atoms with van der Waals surface area (Å²) in [6.07, 6.45) is 5.57. The van der Waals surface area contributed by atoms with Crippen LogP contribution in [0.2, 0.25) is 0 Å². The van der Waals surface area contributed by atoms with Gasteiger partial charge in [0, 0.05) is 38.0 Å². The van der Waals surface area contributed by atoms with E-state index >= 15 is 4.39 Å². The molecule has 10 heteroatoms. The average molecular weight is 494 g/mol. The molecule has 5 rings (SSSR count). The summed E-state index contributed by atoms with van der Waals surface area (Å²) in [6.45, 7) is 0.245. The predicted molar refractivity (Wildman–Crippen MR) is 129 cm³/mol. The maximum absolute atomic E-state index is 15.1. The number of nitrogens with two attached hydrogens (primary N) is 1. The molecule has 36 heavy (non-hydrogen) atoms. The molecule has 1 saturated heterocycles. The Morgan fingerprint density at radius 1 is 1.14 bits per heavy atom. The number of nitrogens with zero attached hydrogens (tertiary/aromatic N) is 4. The number of rotatable bonds is 8. The van der Waals surface area contributed by atoms with Gasteiger partial charge in [-0.25, -0.2) is 14.4 Å². The molecule has 2 fully saturated rings. The van der Waals surface area contributed by atoms with E-state index in [1.54, 1.807) is 23.2 Å². The highest BCUT2D eigenvalue weighted by Crippen LogP contribution is 2.28. The monoisotopic (exact) mass is 493 g/mol. The molecule has 1 aliphatic carbocycles. The molecule has 0 spiro atoms. The Kier molecular flexibility index (Phi) is 6.58. The fourth-order valence-corrected chi connectivity index (χ4v) is 4.16. The number of ether oxygens (including phenoxy) is 2. The summed E-state index contributed by atoms with van der Waals surface area (Å²) in [7, 11) is 1.83. The van der Waals surface area contributed by atoms with Crippen LogP contribution in [0.5, 0.6) is 11.6 Å². The lowest BCUT2D eigenvalue weighted by atomic mass is 10.0. The van der Waals surface area contributed by atoms with E-state index in [0.29, 0.717) is 23.9 Å². The number of amides is 2. The quantitative estimate of drug-likeness (QED) is 0.516. The van der Waals surface area contributed by atoms with Gasteiger partial charge in [-0.3, -0.25) is 9.59 Å². The van der Waals surface area contributed by atoms with E-state index in [0.717, 1.165) is 24.2 Å². The van der Waals surface area contributed by atoms with Crippen LogP contribution in [0.15, 0.2) is 49.1 Å². The SMILES string of the molecule is Cn1cnc(-c2cnc(O[C@H]3CCN(C(=O)Cc4ccc(OC5CC5)cc4)C[C@@H]3F)c(C(N)=O)c2)c1. The van der Waals surface area contributed by atoms with Crippen LogP contribution in [-0.4, -0.2) is 62.7 Å². The van der Waals surface area contributed by atoms with Crippen molar-refractivity contribution in [2.24, 2.45) is 12.8 Å². The number of hydrogen-bond donors (Lipinski definition) is 1. The van der Waals surface area contributed by atoms with Crippen molar-refractivity contribution in [2.75, 3.05) is 13.1 Å². The molecule has 3 heterocycles. The lowest BCUT2D eigenvalue weighted by molar-refractivity contribution is -0.134. The van der Waals surface area contributed by atoms with E-state index in [9.17, 15) is 9.59 Å². The van der Waals surface area contributed by atoms with Gasteiger partial charge in [0.15, 0.2) is 6.17 Å². The third kappa shape index (κ3) is 5.48. The van der Waals surface area contributed by atoms with Crippen LogP contribution in [-0.2, 0) is 18.3 Å². The molecule has 0 radical (unpaired) electrons. The molecule has 1 aromatic carbocycles. The first-order valence-corrected chi connectivity index (χ1v) is 12.0. The van der Waals surface area contributed by atoms with E-state index in [1.165, 1.54) is 11.1 Å². The number of benzene rings is 1. The van der Waals surface area contributed by atoms with Crippen molar-refractivity contribution in [3.8, 4) is 22.9 Å². The molecular formula is C26H28FN5O4. The smallest absolute Gasteiger partial charge is 0.254 e. The van der Waals surface area contributed by atoms with Crippen molar-refractivity contribution >= 4 is 11.8 Å². The van der Waals surface area contributed by atoms with Gasteiger partial charge in [-0.05, 0) is 36.6 Å². The number of aryl methyl sites for hydroxylation is 1. The first-order chi connectivity index (χ1) is 17.4. The van der Waals surface area contributed by atoms with Crippen LogP contribution in [0.25, 0.3) is 11.3 Å². The van der Waals surface area contributed by atoms with Crippen LogP contribution in [0.3, 0.4) is 0 Å². The highest BCUT2D eigenvalue weighted by molar-refractivity contribution is 5.96. The molecule has 1 aliphatic heterocycles. The van der Waals surface area contributed by atoms with Gasteiger partial charge in [0.05, 0.1) is 31.1 Å². The van der Waals surface area contributed by atoms with Crippen LogP contribution in [0.1, 0.15) is 35.2 Å².